The third kappa shape index (κ3) is 3.13. The van der Waals surface area contributed by atoms with Gasteiger partial charge in [-0.2, -0.15) is 13.2 Å². The van der Waals surface area contributed by atoms with E-state index in [4.69, 9.17) is 0 Å². The van der Waals surface area contributed by atoms with Crippen LogP contribution in [0, 0.1) is 0 Å². The third-order valence-electron chi connectivity index (χ3n) is 2.65. The smallest absolute Gasteiger partial charge is 0.384 e. The highest BCUT2D eigenvalue weighted by Gasteiger charge is 2.30. The Morgan fingerprint density at radius 3 is 2.26 bits per heavy atom. The molecular weight excluding hydrogens is 323 g/mol. The molecule has 1 unspecified atom stereocenters. The molecule has 1 heterocycles. The zero-order chi connectivity index (χ0) is 14.0. The van der Waals surface area contributed by atoms with E-state index in [0.717, 1.165) is 12.1 Å². The maximum absolute atomic E-state index is 12.4. The Bertz CT molecular complexity index is 569. The summed E-state index contributed by atoms with van der Waals surface area (Å²) in [6.07, 6.45) is -2.35. The van der Waals surface area contributed by atoms with Crippen LogP contribution in [0.4, 0.5) is 13.2 Å². The minimum Gasteiger partial charge on any atom is -0.384 e. The summed E-state index contributed by atoms with van der Waals surface area (Å²) < 4.78 is 37.9. The Balaban J connectivity index is 2.31. The molecule has 6 heteroatoms. The molecule has 19 heavy (non-hydrogen) atoms. The number of hydrogen-bond donors (Lipinski definition) is 1. The first-order valence-electron chi connectivity index (χ1n) is 5.34. The van der Waals surface area contributed by atoms with Crippen LogP contribution in [0.1, 0.15) is 22.8 Å². The molecule has 1 N–H and O–H groups in total. The molecule has 0 bridgehead atoms. The number of aliphatic hydroxyl groups is 1. The summed E-state index contributed by atoms with van der Waals surface area (Å²) in [4.78, 5) is 3.86. The third-order valence-corrected chi connectivity index (χ3v) is 3.31. The highest BCUT2D eigenvalue weighted by molar-refractivity contribution is 9.10. The molecule has 0 radical (unpaired) electrons. The lowest BCUT2D eigenvalue weighted by Crippen LogP contribution is -2.06. The van der Waals surface area contributed by atoms with Crippen molar-refractivity contribution in [3.63, 3.8) is 0 Å². The van der Waals surface area contributed by atoms with Gasteiger partial charge >= 0.3 is 6.18 Å². The Kier molecular flexibility index (Phi) is 3.91. The van der Waals surface area contributed by atoms with Crippen molar-refractivity contribution >= 4 is 15.9 Å². The van der Waals surface area contributed by atoms with Gasteiger partial charge in [0.25, 0.3) is 0 Å². The number of hydrogen-bond acceptors (Lipinski definition) is 2. The topological polar surface area (TPSA) is 33.1 Å². The molecule has 2 nitrogen and oxygen atoms in total. The lowest BCUT2D eigenvalue weighted by atomic mass is 10.0. The summed E-state index contributed by atoms with van der Waals surface area (Å²) in [6, 6.07) is 6.04. The summed E-state index contributed by atoms with van der Waals surface area (Å²) in [5, 5.41) is 10.1. The van der Waals surface area contributed by atoms with E-state index >= 15 is 0 Å². The number of aliphatic hydroxyl groups excluding tert-OH is 1. The predicted molar refractivity (Wildman–Crippen MR) is 67.4 cm³/mol. The number of nitrogens with zero attached hydrogens (tertiary/aromatic N) is 1. The minimum atomic E-state index is -4.37. The van der Waals surface area contributed by atoms with Crippen molar-refractivity contribution in [2.45, 2.75) is 12.3 Å². The maximum Gasteiger partial charge on any atom is 0.416 e. The molecule has 0 saturated heterocycles. The van der Waals surface area contributed by atoms with Gasteiger partial charge in [0, 0.05) is 22.4 Å². The molecule has 1 aromatic heterocycles. The van der Waals surface area contributed by atoms with Gasteiger partial charge in [-0.1, -0.05) is 12.1 Å². The van der Waals surface area contributed by atoms with E-state index in [2.05, 4.69) is 20.9 Å². The standard InChI is InChI=1S/C13H9BrF3NO/c14-11-7-18-6-5-10(11)12(19)8-1-3-9(4-2-8)13(15,16)17/h1-7,12,19H. The van der Waals surface area contributed by atoms with E-state index < -0.39 is 17.8 Å². The zero-order valence-corrected chi connectivity index (χ0v) is 11.1. The first-order chi connectivity index (χ1) is 8.89. The highest BCUT2D eigenvalue weighted by atomic mass is 79.9. The maximum atomic E-state index is 12.4. The number of alkyl halides is 3. The molecule has 1 aromatic carbocycles. The summed E-state index contributed by atoms with van der Waals surface area (Å²) in [6.45, 7) is 0. The fourth-order valence-corrected chi connectivity index (χ4v) is 2.11. The molecule has 0 aliphatic rings. The van der Waals surface area contributed by atoms with Crippen molar-refractivity contribution in [2.75, 3.05) is 0 Å². The van der Waals surface area contributed by atoms with Crippen LogP contribution in [-0.2, 0) is 6.18 Å². The second kappa shape index (κ2) is 5.30. The van der Waals surface area contributed by atoms with Crippen LogP contribution in [0.2, 0.25) is 0 Å². The van der Waals surface area contributed by atoms with Crippen LogP contribution in [0.25, 0.3) is 0 Å². The molecular formula is C13H9BrF3NO. The fraction of sp³-hybridized carbons (Fsp3) is 0.154. The average Bonchev–Trinajstić information content (AvgIpc) is 2.38. The lowest BCUT2D eigenvalue weighted by Gasteiger charge is -2.14. The van der Waals surface area contributed by atoms with Crippen LogP contribution in [0.3, 0.4) is 0 Å². The highest BCUT2D eigenvalue weighted by Crippen LogP contribution is 2.32. The molecule has 2 aromatic rings. The summed E-state index contributed by atoms with van der Waals surface area (Å²) in [5.41, 5.74) is 0.201. The van der Waals surface area contributed by atoms with Crippen LogP contribution < -0.4 is 0 Å². The van der Waals surface area contributed by atoms with E-state index in [0.29, 0.717) is 15.6 Å². The van der Waals surface area contributed by atoms with Gasteiger partial charge in [-0.3, -0.25) is 4.98 Å². The normalized spacial score (nSPS) is 13.3. The van der Waals surface area contributed by atoms with Crippen LogP contribution in [-0.4, -0.2) is 10.1 Å². The predicted octanol–water partition coefficient (Wildman–Crippen LogP) is 3.94. The Morgan fingerprint density at radius 1 is 1.11 bits per heavy atom. The first-order valence-corrected chi connectivity index (χ1v) is 6.13. The molecule has 0 aliphatic heterocycles. The molecule has 0 spiro atoms. The van der Waals surface area contributed by atoms with Crippen molar-refractivity contribution < 1.29 is 18.3 Å². The largest absolute Gasteiger partial charge is 0.416 e. The zero-order valence-electron chi connectivity index (χ0n) is 9.53. The SMILES string of the molecule is OC(c1ccc(C(F)(F)F)cc1)c1ccncc1Br. The van der Waals surface area contributed by atoms with Crippen molar-refractivity contribution in [2.24, 2.45) is 0 Å². The molecule has 1 atom stereocenters. The molecule has 0 fully saturated rings. The Labute approximate surface area is 116 Å². The van der Waals surface area contributed by atoms with Gasteiger partial charge in [0.15, 0.2) is 0 Å². The van der Waals surface area contributed by atoms with Gasteiger partial charge in [-0.25, -0.2) is 0 Å². The summed E-state index contributed by atoms with van der Waals surface area (Å²) in [7, 11) is 0. The van der Waals surface area contributed by atoms with Gasteiger partial charge in [0.1, 0.15) is 6.10 Å². The van der Waals surface area contributed by atoms with E-state index in [1.54, 1.807) is 6.07 Å². The Morgan fingerprint density at radius 2 is 1.74 bits per heavy atom. The van der Waals surface area contributed by atoms with Gasteiger partial charge in [-0.15, -0.1) is 0 Å². The quantitative estimate of drug-likeness (QED) is 0.904. The van der Waals surface area contributed by atoms with Crippen molar-refractivity contribution in [1.82, 2.24) is 4.98 Å². The number of halogens is 4. The van der Waals surface area contributed by atoms with Crippen molar-refractivity contribution in [3.05, 3.63) is 63.9 Å². The number of benzene rings is 1. The second-order valence-electron chi connectivity index (χ2n) is 3.92. The molecule has 0 aliphatic carbocycles. The molecule has 0 amide bonds. The van der Waals surface area contributed by atoms with Crippen molar-refractivity contribution in [1.29, 1.82) is 0 Å². The summed E-state index contributed by atoms with van der Waals surface area (Å²) >= 11 is 3.24. The second-order valence-corrected chi connectivity index (χ2v) is 4.77. The van der Waals surface area contributed by atoms with Crippen LogP contribution >= 0.6 is 15.9 Å². The van der Waals surface area contributed by atoms with E-state index in [9.17, 15) is 18.3 Å². The van der Waals surface area contributed by atoms with Crippen LogP contribution in [0.15, 0.2) is 47.2 Å². The number of aromatic nitrogens is 1. The Hall–Kier alpha value is -1.40. The fourth-order valence-electron chi connectivity index (χ4n) is 1.64. The first kappa shape index (κ1) is 14.0. The number of pyridine rings is 1. The van der Waals surface area contributed by atoms with Gasteiger partial charge < -0.3 is 5.11 Å². The van der Waals surface area contributed by atoms with E-state index in [-0.39, 0.29) is 0 Å². The minimum absolute atomic E-state index is 0.389. The molecule has 2 rings (SSSR count). The lowest BCUT2D eigenvalue weighted by molar-refractivity contribution is -0.137. The van der Waals surface area contributed by atoms with Gasteiger partial charge in [-0.05, 0) is 39.7 Å². The van der Waals surface area contributed by atoms with Gasteiger partial charge in [0.2, 0.25) is 0 Å². The average molecular weight is 332 g/mol. The van der Waals surface area contributed by atoms with Crippen molar-refractivity contribution in [3.8, 4) is 0 Å². The molecule has 0 saturated carbocycles. The summed E-state index contributed by atoms with van der Waals surface area (Å²) in [5.74, 6) is 0. The van der Waals surface area contributed by atoms with E-state index in [1.165, 1.54) is 24.5 Å². The molecule has 100 valence electrons. The van der Waals surface area contributed by atoms with E-state index in [1.807, 2.05) is 0 Å². The monoisotopic (exact) mass is 331 g/mol. The number of rotatable bonds is 2. The van der Waals surface area contributed by atoms with Gasteiger partial charge in [0.05, 0.1) is 5.56 Å². The van der Waals surface area contributed by atoms with Crippen LogP contribution in [0.5, 0.6) is 0 Å².